The third-order valence-electron chi connectivity index (χ3n) is 3.54. The molecule has 0 bridgehead atoms. The molecule has 0 N–H and O–H groups in total. The third-order valence-corrected chi connectivity index (χ3v) is 5.88. The average molecular weight is 509 g/mol. The van der Waals surface area contributed by atoms with E-state index in [1.165, 1.54) is 11.8 Å². The van der Waals surface area contributed by atoms with Crippen LogP contribution in [0.3, 0.4) is 0 Å². The first-order valence-corrected chi connectivity index (χ1v) is 10.5. The second-order valence-corrected chi connectivity index (χ2v) is 8.84. The van der Waals surface area contributed by atoms with E-state index in [9.17, 15) is 4.79 Å². The Hall–Kier alpha value is -1.33. The number of halogens is 3. The molecule has 0 saturated heterocycles. The van der Waals surface area contributed by atoms with Crippen molar-refractivity contribution in [1.29, 1.82) is 0 Å². The highest BCUT2D eigenvalue weighted by Crippen LogP contribution is 2.32. The highest BCUT2D eigenvalue weighted by molar-refractivity contribution is 9.10. The van der Waals surface area contributed by atoms with Gasteiger partial charge in [-0.25, -0.2) is 0 Å². The van der Waals surface area contributed by atoms with Crippen LogP contribution in [-0.4, -0.2) is 5.78 Å². The first-order chi connectivity index (χ1) is 12.5. The smallest absolute Gasteiger partial charge is 0.199 e. The van der Waals surface area contributed by atoms with Crippen LogP contribution in [0, 0.1) is 0 Å². The lowest BCUT2D eigenvalue weighted by Gasteiger charge is -2.08. The van der Waals surface area contributed by atoms with Crippen molar-refractivity contribution in [2.45, 2.75) is 4.90 Å². The highest BCUT2D eigenvalue weighted by atomic mass is 79.9. The van der Waals surface area contributed by atoms with Gasteiger partial charge in [0.2, 0.25) is 0 Å². The van der Waals surface area contributed by atoms with Crippen molar-refractivity contribution in [3.8, 4) is 0 Å². The number of carbonyl (C=O) groups is 1. The van der Waals surface area contributed by atoms with E-state index < -0.39 is 0 Å². The molecule has 0 aliphatic carbocycles. The minimum absolute atomic E-state index is 0.0301. The molecule has 5 heteroatoms. The van der Waals surface area contributed by atoms with Gasteiger partial charge in [-0.2, -0.15) is 0 Å². The van der Waals surface area contributed by atoms with Crippen LogP contribution in [0.2, 0.25) is 5.02 Å². The van der Waals surface area contributed by atoms with E-state index in [4.69, 9.17) is 11.6 Å². The molecule has 0 unspecified atom stereocenters. The molecular formula is C21H13Br2ClOS. The van der Waals surface area contributed by atoms with E-state index >= 15 is 0 Å². The van der Waals surface area contributed by atoms with Crippen molar-refractivity contribution in [2.75, 3.05) is 0 Å². The van der Waals surface area contributed by atoms with Gasteiger partial charge >= 0.3 is 0 Å². The van der Waals surface area contributed by atoms with Gasteiger partial charge in [0.25, 0.3) is 0 Å². The Morgan fingerprint density at radius 3 is 1.92 bits per heavy atom. The molecule has 0 aromatic heterocycles. The number of hydrogen-bond donors (Lipinski definition) is 0. The molecule has 0 saturated carbocycles. The van der Waals surface area contributed by atoms with Crippen LogP contribution in [0.25, 0.3) is 6.08 Å². The molecule has 1 nitrogen and oxygen atoms in total. The Morgan fingerprint density at radius 2 is 1.35 bits per heavy atom. The lowest BCUT2D eigenvalue weighted by Crippen LogP contribution is -2.00. The molecule has 0 aliphatic rings. The van der Waals surface area contributed by atoms with E-state index in [1.807, 2.05) is 54.6 Å². The number of allylic oxidation sites excluding steroid dienone is 1. The summed E-state index contributed by atoms with van der Waals surface area (Å²) >= 11 is 14.3. The molecule has 0 aliphatic heterocycles. The molecule has 0 fully saturated rings. The minimum Gasteiger partial charge on any atom is -0.288 e. The largest absolute Gasteiger partial charge is 0.288 e. The fourth-order valence-corrected chi connectivity index (χ4v) is 3.81. The highest BCUT2D eigenvalue weighted by Gasteiger charge is 2.14. The molecule has 130 valence electrons. The number of benzene rings is 3. The fourth-order valence-electron chi connectivity index (χ4n) is 2.22. The zero-order valence-electron chi connectivity index (χ0n) is 13.5. The van der Waals surface area contributed by atoms with Gasteiger partial charge in [-0.1, -0.05) is 67.4 Å². The first kappa shape index (κ1) is 19.4. The van der Waals surface area contributed by atoms with E-state index in [-0.39, 0.29) is 5.78 Å². The summed E-state index contributed by atoms with van der Waals surface area (Å²) in [5.74, 6) is -0.0301. The van der Waals surface area contributed by atoms with Gasteiger partial charge in [-0.15, -0.1) is 0 Å². The third kappa shape index (κ3) is 5.34. The standard InChI is InChI=1S/C21H13Br2ClOS/c22-16-5-1-14(2-6-16)13-20(26-19-11-7-17(23)8-12-19)21(25)15-3-9-18(24)10-4-15/h1-13H. The Labute approximate surface area is 178 Å². The lowest BCUT2D eigenvalue weighted by molar-refractivity contribution is 0.104. The van der Waals surface area contributed by atoms with Crippen molar-refractivity contribution < 1.29 is 4.79 Å². The zero-order chi connectivity index (χ0) is 18.5. The topological polar surface area (TPSA) is 17.1 Å². The number of ketones is 1. The van der Waals surface area contributed by atoms with E-state index in [0.29, 0.717) is 15.5 Å². The van der Waals surface area contributed by atoms with Crippen molar-refractivity contribution in [1.82, 2.24) is 0 Å². The summed E-state index contributed by atoms with van der Waals surface area (Å²) in [5.41, 5.74) is 1.58. The van der Waals surface area contributed by atoms with Gasteiger partial charge in [0.15, 0.2) is 5.78 Å². The van der Waals surface area contributed by atoms with Gasteiger partial charge in [-0.05, 0) is 72.3 Å². The van der Waals surface area contributed by atoms with E-state index in [0.717, 1.165) is 19.4 Å². The van der Waals surface area contributed by atoms with E-state index in [2.05, 4.69) is 31.9 Å². The summed E-state index contributed by atoms with van der Waals surface area (Å²) in [5, 5.41) is 0.612. The molecule has 0 heterocycles. The molecule has 3 aromatic rings. The van der Waals surface area contributed by atoms with Crippen LogP contribution in [0.5, 0.6) is 0 Å². The molecule has 0 amide bonds. The van der Waals surface area contributed by atoms with Crippen LogP contribution in [-0.2, 0) is 0 Å². The number of thioether (sulfide) groups is 1. The summed E-state index contributed by atoms with van der Waals surface area (Å²) in [6.45, 7) is 0. The maximum absolute atomic E-state index is 13.0. The normalized spacial score (nSPS) is 11.4. The van der Waals surface area contributed by atoms with Crippen LogP contribution < -0.4 is 0 Å². The summed E-state index contributed by atoms with van der Waals surface area (Å²) in [6.07, 6.45) is 1.91. The number of carbonyl (C=O) groups excluding carboxylic acids is 1. The van der Waals surface area contributed by atoms with Crippen LogP contribution >= 0.6 is 55.2 Å². The van der Waals surface area contributed by atoms with Crippen molar-refractivity contribution in [2.24, 2.45) is 0 Å². The van der Waals surface area contributed by atoms with Gasteiger partial charge in [-0.3, -0.25) is 4.79 Å². The van der Waals surface area contributed by atoms with Gasteiger partial charge in [0, 0.05) is 24.4 Å². The molecular weight excluding hydrogens is 496 g/mol. The molecule has 0 radical (unpaired) electrons. The van der Waals surface area contributed by atoms with Crippen LogP contribution in [0.15, 0.2) is 91.5 Å². The number of hydrogen-bond acceptors (Lipinski definition) is 2. The molecule has 3 aromatic carbocycles. The predicted octanol–water partition coefficient (Wildman–Crippen LogP) is 7.88. The molecule has 3 rings (SSSR count). The van der Waals surface area contributed by atoms with Gasteiger partial charge in [0.1, 0.15) is 0 Å². The van der Waals surface area contributed by atoms with Crippen molar-refractivity contribution in [3.05, 3.63) is 103 Å². The Balaban J connectivity index is 1.97. The SMILES string of the molecule is O=C(C(=Cc1ccc(Br)cc1)Sc1ccc(Br)cc1)c1ccc(Cl)cc1. The second-order valence-electron chi connectivity index (χ2n) is 5.45. The molecule has 26 heavy (non-hydrogen) atoms. The van der Waals surface area contributed by atoms with Gasteiger partial charge < -0.3 is 0 Å². The maximum Gasteiger partial charge on any atom is 0.199 e. The summed E-state index contributed by atoms with van der Waals surface area (Å²) in [7, 11) is 0. The monoisotopic (exact) mass is 506 g/mol. The van der Waals surface area contributed by atoms with Crippen molar-refractivity contribution >= 4 is 67.1 Å². The van der Waals surface area contributed by atoms with Gasteiger partial charge in [0.05, 0.1) is 4.91 Å². The quantitative estimate of drug-likeness (QED) is 0.198. The van der Waals surface area contributed by atoms with Crippen LogP contribution in [0.4, 0.5) is 0 Å². The summed E-state index contributed by atoms with van der Waals surface area (Å²) < 4.78 is 2.00. The van der Waals surface area contributed by atoms with E-state index in [1.54, 1.807) is 24.3 Å². The van der Waals surface area contributed by atoms with Crippen molar-refractivity contribution in [3.63, 3.8) is 0 Å². The lowest BCUT2D eigenvalue weighted by atomic mass is 10.1. The zero-order valence-corrected chi connectivity index (χ0v) is 18.2. The second kappa shape index (κ2) is 9.05. The summed E-state index contributed by atoms with van der Waals surface area (Å²) in [4.78, 5) is 14.7. The number of rotatable bonds is 5. The molecule has 0 atom stereocenters. The molecule has 0 spiro atoms. The Kier molecular flexibility index (Phi) is 6.76. The Morgan fingerprint density at radius 1 is 0.808 bits per heavy atom. The minimum atomic E-state index is -0.0301. The average Bonchev–Trinajstić information content (AvgIpc) is 2.65. The van der Waals surface area contributed by atoms with Crippen LogP contribution in [0.1, 0.15) is 15.9 Å². The Bertz CT molecular complexity index is 933. The maximum atomic E-state index is 13.0. The summed E-state index contributed by atoms with van der Waals surface area (Å²) in [6, 6.07) is 22.7. The predicted molar refractivity (Wildman–Crippen MR) is 118 cm³/mol. The number of Topliss-reactive ketones (excluding diaryl/α,β-unsaturated/α-hetero) is 1. The first-order valence-electron chi connectivity index (χ1n) is 7.72. The fraction of sp³-hybridized carbons (Fsp3) is 0.